The number of hydrogen-bond acceptors (Lipinski definition) is 3. The van der Waals surface area contributed by atoms with E-state index in [-0.39, 0.29) is 29.7 Å². The van der Waals surface area contributed by atoms with Gasteiger partial charge in [0.15, 0.2) is 0 Å². The predicted octanol–water partition coefficient (Wildman–Crippen LogP) is 0.782. The molecular weight excluding hydrogens is 266 g/mol. The smallest absolute Gasteiger partial charge is 0.224 e. The van der Waals surface area contributed by atoms with Crippen LogP contribution >= 0.6 is 0 Å². The molecule has 0 aliphatic heterocycles. The minimum Gasteiger partial charge on any atom is -0.356 e. The Labute approximate surface area is 126 Å². The van der Waals surface area contributed by atoms with Crippen molar-refractivity contribution in [2.45, 2.75) is 51.0 Å². The third-order valence-corrected chi connectivity index (χ3v) is 5.71. The molecule has 118 valence electrons. The molecule has 0 radical (unpaired) electrons. The molecule has 4 N–H and O–H groups in total. The van der Waals surface area contributed by atoms with Crippen LogP contribution < -0.4 is 16.4 Å². The molecule has 3 saturated carbocycles. The van der Waals surface area contributed by atoms with Gasteiger partial charge in [0.25, 0.3) is 0 Å². The lowest BCUT2D eigenvalue weighted by Gasteiger charge is -2.27. The van der Waals surface area contributed by atoms with E-state index in [4.69, 9.17) is 5.73 Å². The third-order valence-electron chi connectivity index (χ3n) is 5.71. The van der Waals surface area contributed by atoms with Gasteiger partial charge in [0.05, 0.1) is 5.92 Å². The minimum absolute atomic E-state index is 0.0216. The molecule has 0 heterocycles. The Morgan fingerprint density at radius 1 is 0.952 bits per heavy atom. The van der Waals surface area contributed by atoms with Crippen LogP contribution in [0.15, 0.2) is 0 Å². The van der Waals surface area contributed by atoms with Crippen LogP contribution in [0.25, 0.3) is 0 Å². The fraction of sp³-hybridized carbons (Fsp3) is 0.875. The van der Waals surface area contributed by atoms with E-state index < -0.39 is 0 Å². The van der Waals surface area contributed by atoms with Crippen molar-refractivity contribution in [3.8, 4) is 0 Å². The first kappa shape index (κ1) is 14.8. The molecule has 4 atom stereocenters. The largest absolute Gasteiger partial charge is 0.356 e. The Kier molecular flexibility index (Phi) is 4.48. The first-order valence-electron chi connectivity index (χ1n) is 8.48. The van der Waals surface area contributed by atoms with Gasteiger partial charge in [-0.2, -0.15) is 0 Å². The molecule has 5 nitrogen and oxygen atoms in total. The summed E-state index contributed by atoms with van der Waals surface area (Å²) in [6.07, 6.45) is 7.53. The lowest BCUT2D eigenvalue weighted by atomic mass is 9.84. The van der Waals surface area contributed by atoms with E-state index in [1.807, 2.05) is 0 Å². The first-order chi connectivity index (χ1) is 10.2. The normalized spacial score (nSPS) is 34.5. The number of carbonyl (C=O) groups is 2. The summed E-state index contributed by atoms with van der Waals surface area (Å²) in [5.41, 5.74) is 6.17. The van der Waals surface area contributed by atoms with Crippen molar-refractivity contribution in [1.29, 1.82) is 0 Å². The lowest BCUT2D eigenvalue weighted by Crippen LogP contribution is -2.45. The summed E-state index contributed by atoms with van der Waals surface area (Å²) in [7, 11) is 0. The van der Waals surface area contributed by atoms with Crippen molar-refractivity contribution < 1.29 is 9.59 Å². The molecule has 3 fully saturated rings. The zero-order valence-electron chi connectivity index (χ0n) is 12.6. The second-order valence-electron chi connectivity index (χ2n) is 7.00. The highest BCUT2D eigenvalue weighted by atomic mass is 16.2. The molecule has 0 aromatic carbocycles. The zero-order chi connectivity index (χ0) is 14.8. The Hall–Kier alpha value is -1.10. The van der Waals surface area contributed by atoms with Gasteiger partial charge in [-0.25, -0.2) is 0 Å². The third kappa shape index (κ3) is 3.07. The van der Waals surface area contributed by atoms with E-state index in [0.29, 0.717) is 24.9 Å². The van der Waals surface area contributed by atoms with Crippen molar-refractivity contribution in [3.63, 3.8) is 0 Å². The molecule has 5 heteroatoms. The van der Waals surface area contributed by atoms with E-state index in [2.05, 4.69) is 10.6 Å². The predicted molar refractivity (Wildman–Crippen MR) is 80.3 cm³/mol. The van der Waals surface area contributed by atoms with Crippen molar-refractivity contribution in [3.05, 3.63) is 0 Å². The molecule has 2 bridgehead atoms. The SMILES string of the molecule is NC1C2CCC(C2)C1C(=O)NCCCNC(=O)C1CCC1. The van der Waals surface area contributed by atoms with Gasteiger partial charge in [-0.1, -0.05) is 6.42 Å². The van der Waals surface area contributed by atoms with Gasteiger partial charge in [0, 0.05) is 25.0 Å². The minimum atomic E-state index is 0.0216. The number of carbonyl (C=O) groups excluding carboxylic acids is 2. The molecular formula is C16H27N3O2. The average Bonchev–Trinajstić information content (AvgIpc) is 2.96. The maximum absolute atomic E-state index is 12.2. The summed E-state index contributed by atoms with van der Waals surface area (Å²) in [6, 6.07) is 0.0575. The van der Waals surface area contributed by atoms with Gasteiger partial charge in [-0.05, 0) is 50.4 Å². The topological polar surface area (TPSA) is 84.2 Å². The Morgan fingerprint density at radius 3 is 2.19 bits per heavy atom. The van der Waals surface area contributed by atoms with Gasteiger partial charge in [0.1, 0.15) is 0 Å². The van der Waals surface area contributed by atoms with Gasteiger partial charge >= 0.3 is 0 Å². The number of rotatable bonds is 6. The van der Waals surface area contributed by atoms with E-state index in [0.717, 1.165) is 32.1 Å². The number of nitrogens with two attached hydrogens (primary N) is 1. The highest BCUT2D eigenvalue weighted by Gasteiger charge is 2.48. The van der Waals surface area contributed by atoms with E-state index in [9.17, 15) is 9.59 Å². The molecule has 0 aromatic rings. The highest BCUT2D eigenvalue weighted by molar-refractivity contribution is 5.80. The number of amides is 2. The van der Waals surface area contributed by atoms with Crippen molar-refractivity contribution in [1.82, 2.24) is 10.6 Å². The van der Waals surface area contributed by atoms with Crippen LogP contribution in [0.4, 0.5) is 0 Å². The molecule has 0 spiro atoms. The standard InChI is InChI=1S/C16H27N3O2/c17-14-12-6-5-11(9-12)13(14)16(21)19-8-2-7-18-15(20)10-3-1-4-10/h10-14H,1-9,17H2,(H,18,20)(H,19,21). The van der Waals surface area contributed by atoms with Crippen LogP contribution in [-0.4, -0.2) is 30.9 Å². The molecule has 2 amide bonds. The van der Waals surface area contributed by atoms with E-state index in [1.165, 1.54) is 12.8 Å². The Balaban J connectivity index is 1.30. The quantitative estimate of drug-likeness (QED) is 0.633. The van der Waals surface area contributed by atoms with Crippen LogP contribution in [0, 0.1) is 23.7 Å². The van der Waals surface area contributed by atoms with Crippen LogP contribution in [0.2, 0.25) is 0 Å². The summed E-state index contributed by atoms with van der Waals surface area (Å²) < 4.78 is 0. The van der Waals surface area contributed by atoms with Crippen molar-refractivity contribution in [2.24, 2.45) is 29.4 Å². The highest BCUT2D eigenvalue weighted by Crippen LogP contribution is 2.47. The maximum Gasteiger partial charge on any atom is 0.224 e. The summed E-state index contributed by atoms with van der Waals surface area (Å²) in [6.45, 7) is 1.28. The van der Waals surface area contributed by atoms with E-state index in [1.54, 1.807) is 0 Å². The molecule has 3 aliphatic rings. The van der Waals surface area contributed by atoms with Gasteiger partial charge in [-0.3, -0.25) is 9.59 Å². The summed E-state index contributed by atoms with van der Waals surface area (Å²) in [5, 5.41) is 5.95. The molecule has 4 unspecified atom stereocenters. The zero-order valence-corrected chi connectivity index (χ0v) is 12.6. The summed E-state index contributed by atoms with van der Waals surface area (Å²) in [5.74, 6) is 1.64. The Bertz CT molecular complexity index is 406. The molecule has 3 aliphatic carbocycles. The van der Waals surface area contributed by atoms with Gasteiger partial charge in [-0.15, -0.1) is 0 Å². The van der Waals surface area contributed by atoms with Crippen LogP contribution in [0.3, 0.4) is 0 Å². The van der Waals surface area contributed by atoms with Crippen molar-refractivity contribution in [2.75, 3.05) is 13.1 Å². The molecule has 0 saturated heterocycles. The van der Waals surface area contributed by atoms with Crippen LogP contribution in [0.5, 0.6) is 0 Å². The summed E-state index contributed by atoms with van der Waals surface area (Å²) >= 11 is 0. The molecule has 0 aromatic heterocycles. The molecule has 21 heavy (non-hydrogen) atoms. The van der Waals surface area contributed by atoms with Crippen LogP contribution in [0.1, 0.15) is 44.9 Å². The second kappa shape index (κ2) is 6.34. The number of fused-ring (bicyclic) bond motifs is 2. The Morgan fingerprint density at radius 2 is 1.62 bits per heavy atom. The second-order valence-corrected chi connectivity index (χ2v) is 7.00. The van der Waals surface area contributed by atoms with Crippen LogP contribution in [-0.2, 0) is 9.59 Å². The monoisotopic (exact) mass is 293 g/mol. The fourth-order valence-electron chi connectivity index (χ4n) is 4.17. The van der Waals surface area contributed by atoms with Gasteiger partial charge < -0.3 is 16.4 Å². The lowest BCUT2D eigenvalue weighted by molar-refractivity contribution is -0.127. The first-order valence-corrected chi connectivity index (χ1v) is 8.48. The average molecular weight is 293 g/mol. The molecule has 3 rings (SSSR count). The van der Waals surface area contributed by atoms with Gasteiger partial charge in [0.2, 0.25) is 11.8 Å². The van der Waals surface area contributed by atoms with Crippen molar-refractivity contribution >= 4 is 11.8 Å². The number of nitrogens with one attached hydrogen (secondary N) is 2. The van der Waals surface area contributed by atoms with E-state index >= 15 is 0 Å². The number of hydrogen-bond donors (Lipinski definition) is 3. The summed E-state index contributed by atoms with van der Waals surface area (Å²) in [4.78, 5) is 23.9. The maximum atomic E-state index is 12.2. The fourth-order valence-corrected chi connectivity index (χ4v) is 4.17.